The summed E-state index contributed by atoms with van der Waals surface area (Å²) in [7, 11) is 0. The number of halogens is 2. The summed E-state index contributed by atoms with van der Waals surface area (Å²) in [5, 5.41) is 10.3. The van der Waals surface area contributed by atoms with Crippen molar-refractivity contribution in [2.45, 2.75) is 101 Å². The number of nitrogens with zero attached hydrogens (tertiary/aromatic N) is 2. The fourth-order valence-corrected chi connectivity index (χ4v) is 7.40. The van der Waals surface area contributed by atoms with Crippen molar-refractivity contribution in [3.8, 4) is 0 Å². The summed E-state index contributed by atoms with van der Waals surface area (Å²) in [6.07, 6.45) is 2.73. The van der Waals surface area contributed by atoms with Crippen molar-refractivity contribution in [2.24, 2.45) is 11.7 Å². The van der Waals surface area contributed by atoms with Gasteiger partial charge in [0.25, 0.3) is 0 Å². The van der Waals surface area contributed by atoms with Gasteiger partial charge in [-0.3, -0.25) is 0 Å². The zero-order valence-electron chi connectivity index (χ0n) is 20.5. The van der Waals surface area contributed by atoms with E-state index in [0.717, 1.165) is 3.71 Å². The maximum absolute atomic E-state index is 15.1. The number of carbonyl (C=O) groups is 1. The molecule has 5 nitrogen and oxygen atoms in total. The molecular weight excluding hydrogens is 519 g/mol. The van der Waals surface area contributed by atoms with E-state index in [4.69, 9.17) is 5.73 Å². The molecule has 1 aliphatic carbocycles. The number of carbonyl (C=O) groups excluding carboxylic acids is 1. The van der Waals surface area contributed by atoms with Gasteiger partial charge in [0.05, 0.1) is 0 Å². The Morgan fingerprint density at radius 3 is 2.22 bits per heavy atom. The number of aliphatic hydroxyl groups is 1. The SMILES string of the molecule is C[C](C)(C)[Sn][c]1cc(N(C[C@@H](F)C(C)(C)O)C2CCC(C(C)(C)F)CC2)c(C(N)=O)cn1. The normalized spacial score (nSPS) is 21.3. The Morgan fingerprint density at radius 2 is 1.78 bits per heavy atom. The molecule has 1 fully saturated rings. The van der Waals surface area contributed by atoms with E-state index in [9.17, 15) is 14.3 Å². The van der Waals surface area contributed by atoms with E-state index in [1.165, 1.54) is 20.0 Å². The van der Waals surface area contributed by atoms with Crippen molar-refractivity contribution in [1.82, 2.24) is 4.98 Å². The third kappa shape index (κ3) is 7.54. The summed E-state index contributed by atoms with van der Waals surface area (Å²) >= 11 is -1.08. The number of amides is 1. The minimum atomic E-state index is -1.53. The molecule has 1 atom stereocenters. The molecule has 1 heterocycles. The topological polar surface area (TPSA) is 79.5 Å². The Balaban J connectivity index is 2.47. The molecule has 0 spiro atoms. The van der Waals surface area contributed by atoms with Crippen LogP contribution in [0.2, 0.25) is 3.43 Å². The Morgan fingerprint density at radius 1 is 1.22 bits per heavy atom. The van der Waals surface area contributed by atoms with Crippen LogP contribution in [0.1, 0.15) is 84.5 Å². The van der Waals surface area contributed by atoms with E-state index in [0.29, 0.717) is 31.4 Å². The molecule has 32 heavy (non-hydrogen) atoms. The van der Waals surface area contributed by atoms with Gasteiger partial charge in [0.1, 0.15) is 0 Å². The summed E-state index contributed by atoms with van der Waals surface area (Å²) in [5.74, 6) is -0.655. The number of aromatic nitrogens is 1. The summed E-state index contributed by atoms with van der Waals surface area (Å²) in [6.45, 7) is 12.6. The van der Waals surface area contributed by atoms with Crippen molar-refractivity contribution in [3.05, 3.63) is 17.8 Å². The first-order valence-corrected chi connectivity index (χ1v) is 14.2. The van der Waals surface area contributed by atoms with Crippen LogP contribution in [0.15, 0.2) is 12.3 Å². The van der Waals surface area contributed by atoms with Crippen molar-refractivity contribution in [2.75, 3.05) is 11.4 Å². The first-order valence-electron chi connectivity index (χ1n) is 11.4. The Hall–Kier alpha value is -0.961. The van der Waals surface area contributed by atoms with Crippen molar-refractivity contribution >= 4 is 36.4 Å². The number of alkyl halides is 2. The Kier molecular flexibility index (Phi) is 8.63. The van der Waals surface area contributed by atoms with Crippen LogP contribution >= 0.6 is 0 Å². The van der Waals surface area contributed by atoms with Crippen LogP contribution in [-0.4, -0.2) is 67.2 Å². The van der Waals surface area contributed by atoms with Crippen molar-refractivity contribution in [3.63, 3.8) is 0 Å². The first kappa shape index (κ1) is 27.3. The molecule has 0 aromatic carbocycles. The van der Waals surface area contributed by atoms with Gasteiger partial charge < -0.3 is 0 Å². The summed E-state index contributed by atoms with van der Waals surface area (Å²) in [6, 6.07) is 1.84. The van der Waals surface area contributed by atoms with E-state index < -0.39 is 44.5 Å². The van der Waals surface area contributed by atoms with E-state index in [2.05, 4.69) is 25.8 Å². The second kappa shape index (κ2) is 10.1. The van der Waals surface area contributed by atoms with Crippen LogP contribution in [-0.2, 0) is 0 Å². The number of hydrogen-bond donors (Lipinski definition) is 2. The van der Waals surface area contributed by atoms with Crippen LogP contribution in [0, 0.1) is 5.92 Å². The Labute approximate surface area is 201 Å². The molecule has 1 saturated carbocycles. The van der Waals surface area contributed by atoms with E-state index in [-0.39, 0.29) is 27.5 Å². The van der Waals surface area contributed by atoms with Crippen LogP contribution in [0.25, 0.3) is 0 Å². The molecule has 0 saturated heterocycles. The zero-order chi connectivity index (χ0) is 24.5. The van der Waals surface area contributed by atoms with Gasteiger partial charge in [-0.2, -0.15) is 0 Å². The monoisotopic (exact) mass is 559 g/mol. The van der Waals surface area contributed by atoms with Gasteiger partial charge in [0, 0.05) is 0 Å². The van der Waals surface area contributed by atoms with Crippen LogP contribution in [0.5, 0.6) is 0 Å². The molecule has 180 valence electrons. The first-order chi connectivity index (χ1) is 14.5. The van der Waals surface area contributed by atoms with Gasteiger partial charge in [-0.1, -0.05) is 0 Å². The maximum atomic E-state index is 15.1. The third-order valence-electron chi connectivity index (χ3n) is 6.19. The Bertz CT molecular complexity index is 792. The van der Waals surface area contributed by atoms with Crippen molar-refractivity contribution in [1.29, 1.82) is 0 Å². The van der Waals surface area contributed by atoms with Gasteiger partial charge in [0.15, 0.2) is 0 Å². The summed E-state index contributed by atoms with van der Waals surface area (Å²) in [5.41, 5.74) is 3.73. The van der Waals surface area contributed by atoms with Crippen LogP contribution < -0.4 is 14.3 Å². The average Bonchev–Trinajstić information content (AvgIpc) is 2.63. The number of nitrogens with two attached hydrogens (primary N) is 1. The predicted octanol–water partition coefficient (Wildman–Crippen LogP) is 3.95. The number of rotatable bonds is 8. The molecule has 1 aromatic heterocycles. The van der Waals surface area contributed by atoms with Gasteiger partial charge in [-0.05, 0) is 0 Å². The average molecular weight is 558 g/mol. The zero-order valence-corrected chi connectivity index (χ0v) is 23.4. The number of anilines is 1. The second-order valence-corrected chi connectivity index (χ2v) is 17.6. The van der Waals surface area contributed by atoms with E-state index >= 15 is 4.39 Å². The van der Waals surface area contributed by atoms with Gasteiger partial charge >= 0.3 is 202 Å². The molecule has 0 unspecified atom stereocenters. The molecule has 0 bridgehead atoms. The number of pyridine rings is 1. The fourth-order valence-electron chi connectivity index (χ4n) is 4.24. The van der Waals surface area contributed by atoms with Gasteiger partial charge in [-0.25, -0.2) is 0 Å². The molecule has 2 radical (unpaired) electrons. The third-order valence-corrected chi connectivity index (χ3v) is 9.84. The van der Waals surface area contributed by atoms with Crippen LogP contribution in [0.3, 0.4) is 0 Å². The molecule has 8 heteroatoms. The molecule has 0 aliphatic heterocycles. The molecule has 2 rings (SSSR count). The number of hydrogen-bond acceptors (Lipinski definition) is 4. The fraction of sp³-hybridized carbons (Fsp3) is 0.750. The minimum absolute atomic E-state index is 0.0466. The standard InChI is InChI=1S/C20H30F2N3O2.C4H9.Sn/c1-19(2,22)13-5-7-14(8-6-13)25(12-17(21)20(3,4)27)16-9-10-24-11-15(16)18(23)26;1-4(2)3;/h9,11,13-14,17,27H,5-8,12H2,1-4H3,(H2,23,26);1-3H3;/t13?,14?,17-;;/m1../s1. The second-order valence-electron chi connectivity index (χ2n) is 11.2. The number of primary amides is 1. The van der Waals surface area contributed by atoms with Gasteiger partial charge in [-0.15, -0.1) is 0 Å². The molecule has 1 aromatic rings. The molecule has 3 N–H and O–H groups in total. The van der Waals surface area contributed by atoms with E-state index in [1.807, 2.05) is 11.0 Å². The van der Waals surface area contributed by atoms with Gasteiger partial charge in [0.2, 0.25) is 0 Å². The molecular formula is C24H39F2N3O2Sn. The van der Waals surface area contributed by atoms with Crippen LogP contribution in [0.4, 0.5) is 14.5 Å². The van der Waals surface area contributed by atoms with Crippen molar-refractivity contribution < 1.29 is 18.7 Å². The van der Waals surface area contributed by atoms with E-state index in [1.54, 1.807) is 13.8 Å². The summed E-state index contributed by atoms with van der Waals surface area (Å²) in [4.78, 5) is 18.6. The summed E-state index contributed by atoms with van der Waals surface area (Å²) < 4.78 is 30.7. The quantitative estimate of drug-likeness (QED) is 0.474. The molecule has 1 aliphatic rings. The molecule has 1 amide bonds. The predicted molar refractivity (Wildman–Crippen MR) is 127 cm³/mol.